The number of nitrogens with zero attached hydrogens (tertiary/aromatic N) is 4. The molecule has 0 atom stereocenters. The van der Waals surface area contributed by atoms with Crippen LogP contribution in [0.3, 0.4) is 0 Å². The van der Waals surface area contributed by atoms with Gasteiger partial charge in [-0.2, -0.15) is 0 Å². The largest absolute Gasteiger partial charge is 0.378 e. The highest BCUT2D eigenvalue weighted by Crippen LogP contribution is 2.23. The summed E-state index contributed by atoms with van der Waals surface area (Å²) in [6.07, 6.45) is 3.72. The molecule has 0 spiro atoms. The van der Waals surface area contributed by atoms with E-state index in [0.29, 0.717) is 12.3 Å². The number of amides is 1. The minimum Gasteiger partial charge on any atom is -0.378 e. The number of imidazole rings is 1. The van der Waals surface area contributed by atoms with Gasteiger partial charge in [0.25, 0.3) is 0 Å². The molecule has 0 saturated carbocycles. The molecule has 0 fully saturated rings. The number of benzene rings is 2. The minimum absolute atomic E-state index is 0.0849. The zero-order chi connectivity index (χ0) is 21.0. The number of rotatable bonds is 7. The normalized spacial score (nSPS) is 10.8. The molecule has 1 amide bonds. The second-order valence-corrected chi connectivity index (χ2v) is 8.47. The Morgan fingerprint density at radius 3 is 2.31 bits per heavy atom. The van der Waals surface area contributed by atoms with Gasteiger partial charge in [-0.05, 0) is 54.8 Å². The van der Waals surface area contributed by atoms with Crippen LogP contribution in [-0.4, -0.2) is 47.3 Å². The smallest absolute Gasteiger partial charge is 0.233 e. The summed E-state index contributed by atoms with van der Waals surface area (Å²) in [5.41, 5.74) is 5.76. The number of anilines is 1. The van der Waals surface area contributed by atoms with Crippen LogP contribution >= 0.6 is 11.8 Å². The summed E-state index contributed by atoms with van der Waals surface area (Å²) in [6, 6.07) is 14.7. The standard InChI is InChI=1S/C23H28N4OS/c1-17-12-18(2)14-21(13-17)27-11-10-24-23(27)29-16-22(28)26(5)15-19-6-8-20(9-7-19)25(3)4/h6-14H,15-16H2,1-5H3. The Labute approximate surface area is 177 Å². The summed E-state index contributed by atoms with van der Waals surface area (Å²) < 4.78 is 2.04. The fourth-order valence-electron chi connectivity index (χ4n) is 3.18. The van der Waals surface area contributed by atoms with Gasteiger partial charge in [-0.3, -0.25) is 9.36 Å². The average Bonchev–Trinajstić information content (AvgIpc) is 3.14. The Morgan fingerprint density at radius 1 is 1.03 bits per heavy atom. The van der Waals surface area contributed by atoms with E-state index in [1.807, 2.05) is 31.9 Å². The van der Waals surface area contributed by atoms with Gasteiger partial charge in [0.05, 0.1) is 5.75 Å². The van der Waals surface area contributed by atoms with Crippen LogP contribution in [0.15, 0.2) is 60.0 Å². The summed E-state index contributed by atoms with van der Waals surface area (Å²) in [5.74, 6) is 0.440. The van der Waals surface area contributed by atoms with Gasteiger partial charge in [0.2, 0.25) is 5.91 Å². The fraction of sp³-hybridized carbons (Fsp3) is 0.304. The van der Waals surface area contributed by atoms with E-state index in [9.17, 15) is 4.79 Å². The molecule has 0 aliphatic rings. The Bertz CT molecular complexity index is 959. The molecule has 29 heavy (non-hydrogen) atoms. The van der Waals surface area contributed by atoms with E-state index in [-0.39, 0.29) is 5.91 Å². The first-order valence-corrected chi connectivity index (χ1v) is 10.6. The van der Waals surface area contributed by atoms with Crippen LogP contribution in [0.1, 0.15) is 16.7 Å². The molecule has 3 aromatic rings. The van der Waals surface area contributed by atoms with Crippen molar-refractivity contribution in [3.8, 4) is 5.69 Å². The van der Waals surface area contributed by atoms with E-state index in [2.05, 4.69) is 66.2 Å². The number of hydrogen-bond acceptors (Lipinski definition) is 4. The molecule has 0 N–H and O–H groups in total. The van der Waals surface area contributed by atoms with Gasteiger partial charge in [0.1, 0.15) is 0 Å². The van der Waals surface area contributed by atoms with Crippen molar-refractivity contribution in [1.29, 1.82) is 0 Å². The van der Waals surface area contributed by atoms with Gasteiger partial charge in [0, 0.05) is 51.5 Å². The maximum absolute atomic E-state index is 12.6. The van der Waals surface area contributed by atoms with E-state index in [0.717, 1.165) is 22.1 Å². The molecule has 0 aliphatic carbocycles. The lowest BCUT2D eigenvalue weighted by molar-refractivity contribution is -0.127. The molecule has 152 valence electrons. The summed E-state index contributed by atoms with van der Waals surface area (Å²) in [5, 5.41) is 0.826. The van der Waals surface area contributed by atoms with E-state index in [1.54, 1.807) is 11.1 Å². The zero-order valence-electron chi connectivity index (χ0n) is 17.7. The quantitative estimate of drug-likeness (QED) is 0.547. The van der Waals surface area contributed by atoms with E-state index >= 15 is 0 Å². The number of carbonyl (C=O) groups excluding carboxylic acids is 1. The van der Waals surface area contributed by atoms with E-state index < -0.39 is 0 Å². The maximum Gasteiger partial charge on any atom is 0.233 e. The molecule has 2 aromatic carbocycles. The molecule has 0 unspecified atom stereocenters. The first-order chi connectivity index (χ1) is 13.8. The van der Waals surface area contributed by atoms with Crippen molar-refractivity contribution in [2.24, 2.45) is 0 Å². The zero-order valence-corrected chi connectivity index (χ0v) is 18.5. The van der Waals surface area contributed by atoms with Crippen molar-refractivity contribution in [2.45, 2.75) is 25.5 Å². The molecule has 5 nitrogen and oxygen atoms in total. The van der Waals surface area contributed by atoms with Crippen molar-refractivity contribution in [3.05, 3.63) is 71.5 Å². The van der Waals surface area contributed by atoms with Gasteiger partial charge in [-0.1, -0.05) is 30.0 Å². The van der Waals surface area contributed by atoms with Crippen LogP contribution < -0.4 is 4.90 Å². The molecule has 1 aromatic heterocycles. The Morgan fingerprint density at radius 2 is 1.69 bits per heavy atom. The average molecular weight is 409 g/mol. The first-order valence-electron chi connectivity index (χ1n) is 9.58. The molecular weight excluding hydrogens is 380 g/mol. The third kappa shape index (κ3) is 5.41. The second-order valence-electron chi connectivity index (χ2n) is 7.53. The molecule has 0 saturated heterocycles. The highest BCUT2D eigenvalue weighted by atomic mass is 32.2. The van der Waals surface area contributed by atoms with Crippen LogP contribution in [0, 0.1) is 13.8 Å². The van der Waals surface area contributed by atoms with Crippen molar-refractivity contribution in [2.75, 3.05) is 31.8 Å². The van der Waals surface area contributed by atoms with Crippen molar-refractivity contribution < 1.29 is 4.79 Å². The number of hydrogen-bond donors (Lipinski definition) is 0. The van der Waals surface area contributed by atoms with Crippen molar-refractivity contribution >= 4 is 23.4 Å². The fourth-order valence-corrected chi connectivity index (χ4v) is 4.09. The van der Waals surface area contributed by atoms with Gasteiger partial charge in [-0.25, -0.2) is 4.98 Å². The molecular formula is C23H28N4OS. The van der Waals surface area contributed by atoms with Gasteiger partial charge < -0.3 is 9.80 Å². The monoisotopic (exact) mass is 408 g/mol. The topological polar surface area (TPSA) is 41.4 Å². The van der Waals surface area contributed by atoms with Crippen molar-refractivity contribution in [1.82, 2.24) is 14.5 Å². The Kier molecular flexibility index (Phi) is 6.64. The molecule has 3 rings (SSSR count). The summed E-state index contributed by atoms with van der Waals surface area (Å²) in [7, 11) is 5.88. The SMILES string of the molecule is Cc1cc(C)cc(-n2ccnc2SCC(=O)N(C)Cc2ccc(N(C)C)cc2)c1. The van der Waals surface area contributed by atoms with E-state index in [1.165, 1.54) is 22.9 Å². The summed E-state index contributed by atoms with van der Waals surface area (Å²) in [4.78, 5) is 20.9. The van der Waals surface area contributed by atoms with Gasteiger partial charge >= 0.3 is 0 Å². The van der Waals surface area contributed by atoms with Crippen molar-refractivity contribution in [3.63, 3.8) is 0 Å². The summed E-state index contributed by atoms with van der Waals surface area (Å²) >= 11 is 1.47. The third-order valence-corrected chi connectivity index (χ3v) is 5.67. The van der Waals surface area contributed by atoms with Crippen LogP contribution in [0.5, 0.6) is 0 Å². The van der Waals surface area contributed by atoms with Crippen LogP contribution in [-0.2, 0) is 11.3 Å². The number of aromatic nitrogens is 2. The number of carbonyl (C=O) groups is 1. The Balaban J connectivity index is 1.61. The predicted molar refractivity (Wildman–Crippen MR) is 121 cm³/mol. The first kappa shape index (κ1) is 21.0. The molecule has 0 aliphatic heterocycles. The van der Waals surface area contributed by atoms with Gasteiger partial charge in [0.15, 0.2) is 5.16 Å². The molecule has 0 radical (unpaired) electrons. The van der Waals surface area contributed by atoms with Crippen LogP contribution in [0.4, 0.5) is 5.69 Å². The number of thioether (sulfide) groups is 1. The van der Waals surface area contributed by atoms with Crippen LogP contribution in [0.25, 0.3) is 5.69 Å². The summed E-state index contributed by atoms with van der Waals surface area (Å²) in [6.45, 7) is 4.77. The molecule has 0 bridgehead atoms. The van der Waals surface area contributed by atoms with Gasteiger partial charge in [-0.15, -0.1) is 0 Å². The Hall–Kier alpha value is -2.73. The van der Waals surface area contributed by atoms with Crippen LogP contribution in [0.2, 0.25) is 0 Å². The maximum atomic E-state index is 12.6. The second kappa shape index (κ2) is 9.18. The highest BCUT2D eigenvalue weighted by molar-refractivity contribution is 7.99. The lowest BCUT2D eigenvalue weighted by Crippen LogP contribution is -2.27. The third-order valence-electron chi connectivity index (χ3n) is 4.71. The molecule has 6 heteroatoms. The lowest BCUT2D eigenvalue weighted by atomic mass is 10.1. The number of aryl methyl sites for hydroxylation is 2. The minimum atomic E-state index is 0.0849. The highest BCUT2D eigenvalue weighted by Gasteiger charge is 2.13. The lowest BCUT2D eigenvalue weighted by Gasteiger charge is -2.18. The molecule has 1 heterocycles. The van der Waals surface area contributed by atoms with E-state index in [4.69, 9.17) is 0 Å². The predicted octanol–water partition coefficient (Wildman–Crippen LogP) is 4.31.